The fraction of sp³-hybridized carbons (Fsp3) is 0.467. The van der Waals surface area contributed by atoms with Crippen LogP contribution in [0, 0.1) is 0 Å². The normalized spacial score (nSPS) is 19.6. The second-order valence-electron chi connectivity index (χ2n) is 5.53. The molecule has 1 aliphatic heterocycles. The number of rotatable bonds is 1. The lowest BCUT2D eigenvalue weighted by molar-refractivity contribution is 0.426. The molecule has 0 aliphatic carbocycles. The first-order chi connectivity index (χ1) is 10.1. The van der Waals surface area contributed by atoms with Crippen molar-refractivity contribution >= 4 is 22.5 Å². The molecule has 112 valence electrons. The third kappa shape index (κ3) is 2.51. The second-order valence-corrected chi connectivity index (χ2v) is 5.97. The second kappa shape index (κ2) is 5.66. The lowest BCUT2D eigenvalue weighted by Crippen LogP contribution is -2.43. The van der Waals surface area contributed by atoms with Crippen molar-refractivity contribution in [3.63, 3.8) is 0 Å². The molecule has 6 heteroatoms. The molecule has 1 aromatic heterocycles. The van der Waals surface area contributed by atoms with E-state index in [9.17, 15) is 9.59 Å². The Bertz CT molecular complexity index is 786. The Morgan fingerprint density at radius 2 is 2.10 bits per heavy atom. The average Bonchev–Trinajstić information content (AvgIpc) is 2.74. The van der Waals surface area contributed by atoms with Crippen LogP contribution in [0.15, 0.2) is 27.8 Å². The van der Waals surface area contributed by atoms with E-state index in [0.717, 1.165) is 25.8 Å². The summed E-state index contributed by atoms with van der Waals surface area (Å²) in [6.45, 7) is 1.59. The van der Waals surface area contributed by atoms with Crippen molar-refractivity contribution in [1.82, 2.24) is 14.5 Å². The molecule has 2 aromatic rings. The molecule has 0 radical (unpaired) electrons. The highest BCUT2D eigenvalue weighted by Gasteiger charge is 2.20. The topological polar surface area (TPSA) is 56.0 Å². The van der Waals surface area contributed by atoms with Gasteiger partial charge in [-0.15, -0.1) is 0 Å². The van der Waals surface area contributed by atoms with Gasteiger partial charge in [0.25, 0.3) is 5.56 Å². The molecular formula is C15H18ClN3O2. The largest absolute Gasteiger partial charge is 0.331 e. The summed E-state index contributed by atoms with van der Waals surface area (Å²) in [5.41, 5.74) is 0.111. The monoisotopic (exact) mass is 307 g/mol. The van der Waals surface area contributed by atoms with Crippen LogP contribution in [-0.4, -0.2) is 22.2 Å². The highest BCUT2D eigenvalue weighted by Crippen LogP contribution is 2.18. The van der Waals surface area contributed by atoms with Gasteiger partial charge in [0.2, 0.25) is 0 Å². The zero-order valence-corrected chi connectivity index (χ0v) is 12.7. The van der Waals surface area contributed by atoms with Gasteiger partial charge in [-0.25, -0.2) is 4.79 Å². The standard InChI is InChI=1S/C15H18ClN3O2/c1-18-13-6-5-10(16)8-12(13)14(20)19(15(18)21)11-4-2-3-7-17-9-11/h5-6,8,11,17H,2-4,7,9H2,1H3. The summed E-state index contributed by atoms with van der Waals surface area (Å²) < 4.78 is 2.91. The first kappa shape index (κ1) is 14.4. The number of aryl methyl sites for hydroxylation is 1. The van der Waals surface area contributed by atoms with Crippen molar-refractivity contribution in [2.45, 2.75) is 25.3 Å². The highest BCUT2D eigenvalue weighted by molar-refractivity contribution is 6.31. The molecule has 1 N–H and O–H groups in total. The number of hydrogen-bond acceptors (Lipinski definition) is 3. The molecule has 1 atom stereocenters. The maximum atomic E-state index is 12.7. The van der Waals surface area contributed by atoms with Gasteiger partial charge in [0.15, 0.2) is 0 Å². The van der Waals surface area contributed by atoms with E-state index in [1.54, 1.807) is 25.2 Å². The Morgan fingerprint density at radius 1 is 1.29 bits per heavy atom. The molecular weight excluding hydrogens is 290 g/mol. The van der Waals surface area contributed by atoms with Crippen LogP contribution in [-0.2, 0) is 7.05 Å². The molecule has 1 saturated heterocycles. The fourth-order valence-electron chi connectivity index (χ4n) is 3.00. The molecule has 1 fully saturated rings. The van der Waals surface area contributed by atoms with Crippen molar-refractivity contribution in [1.29, 1.82) is 0 Å². The van der Waals surface area contributed by atoms with Crippen molar-refractivity contribution in [3.05, 3.63) is 44.1 Å². The molecule has 5 nitrogen and oxygen atoms in total. The predicted molar refractivity (Wildman–Crippen MR) is 84.2 cm³/mol. The molecule has 1 aromatic carbocycles. The van der Waals surface area contributed by atoms with Gasteiger partial charge in [0, 0.05) is 18.6 Å². The molecule has 0 spiro atoms. The SMILES string of the molecule is Cn1c(=O)n(C2CCCCNC2)c(=O)c2cc(Cl)ccc21. The number of halogens is 1. The van der Waals surface area contributed by atoms with E-state index in [1.165, 1.54) is 9.13 Å². The van der Waals surface area contributed by atoms with Gasteiger partial charge in [-0.2, -0.15) is 0 Å². The van der Waals surface area contributed by atoms with Crippen LogP contribution in [0.5, 0.6) is 0 Å². The molecule has 2 heterocycles. The van der Waals surface area contributed by atoms with Crippen LogP contribution in [0.4, 0.5) is 0 Å². The maximum absolute atomic E-state index is 12.7. The summed E-state index contributed by atoms with van der Waals surface area (Å²) in [5.74, 6) is 0. The summed E-state index contributed by atoms with van der Waals surface area (Å²) >= 11 is 6.00. The number of hydrogen-bond donors (Lipinski definition) is 1. The van der Waals surface area contributed by atoms with Gasteiger partial charge in [0.05, 0.1) is 16.9 Å². The molecule has 0 bridgehead atoms. The number of benzene rings is 1. The number of nitrogens with one attached hydrogen (secondary N) is 1. The summed E-state index contributed by atoms with van der Waals surface area (Å²) in [5, 5.41) is 4.29. The maximum Gasteiger partial charge on any atom is 0.331 e. The van der Waals surface area contributed by atoms with Gasteiger partial charge >= 0.3 is 5.69 Å². The van der Waals surface area contributed by atoms with Crippen LogP contribution in [0.2, 0.25) is 5.02 Å². The fourth-order valence-corrected chi connectivity index (χ4v) is 3.17. The van der Waals surface area contributed by atoms with Gasteiger partial charge in [-0.1, -0.05) is 18.0 Å². The van der Waals surface area contributed by atoms with Crippen molar-refractivity contribution < 1.29 is 0 Å². The Hall–Kier alpha value is -1.59. The number of nitrogens with zero attached hydrogens (tertiary/aromatic N) is 2. The smallest absolute Gasteiger partial charge is 0.315 e. The third-order valence-corrected chi connectivity index (χ3v) is 4.38. The lowest BCUT2D eigenvalue weighted by Gasteiger charge is -2.19. The zero-order chi connectivity index (χ0) is 15.0. The molecule has 1 aliphatic rings. The van der Waals surface area contributed by atoms with E-state index in [4.69, 9.17) is 11.6 Å². The minimum Gasteiger partial charge on any atom is -0.315 e. The van der Waals surface area contributed by atoms with Gasteiger partial charge in [-0.3, -0.25) is 13.9 Å². The Balaban J connectivity index is 2.27. The Labute approximate surface area is 127 Å². The van der Waals surface area contributed by atoms with Crippen molar-refractivity contribution in [3.8, 4) is 0 Å². The van der Waals surface area contributed by atoms with E-state index in [-0.39, 0.29) is 17.3 Å². The summed E-state index contributed by atoms with van der Waals surface area (Å²) in [7, 11) is 1.69. The first-order valence-electron chi connectivity index (χ1n) is 7.21. The average molecular weight is 308 g/mol. The third-order valence-electron chi connectivity index (χ3n) is 4.15. The van der Waals surface area contributed by atoms with Crippen LogP contribution in [0.25, 0.3) is 10.9 Å². The van der Waals surface area contributed by atoms with Crippen LogP contribution < -0.4 is 16.6 Å². The minimum absolute atomic E-state index is 0.0953. The van der Waals surface area contributed by atoms with E-state index >= 15 is 0 Å². The molecule has 0 amide bonds. The summed E-state index contributed by atoms with van der Waals surface area (Å²) in [6.07, 6.45) is 2.93. The quantitative estimate of drug-likeness (QED) is 0.872. The predicted octanol–water partition coefficient (Wildman–Crippen LogP) is 1.67. The number of fused-ring (bicyclic) bond motifs is 1. The van der Waals surface area contributed by atoms with Crippen LogP contribution >= 0.6 is 11.6 Å². The number of aromatic nitrogens is 2. The van der Waals surface area contributed by atoms with Crippen molar-refractivity contribution in [2.24, 2.45) is 7.05 Å². The summed E-state index contributed by atoms with van der Waals surface area (Å²) in [6, 6.07) is 4.96. The summed E-state index contributed by atoms with van der Waals surface area (Å²) in [4.78, 5) is 25.3. The Morgan fingerprint density at radius 3 is 2.90 bits per heavy atom. The van der Waals surface area contributed by atoms with Gasteiger partial charge in [-0.05, 0) is 37.6 Å². The van der Waals surface area contributed by atoms with E-state index in [2.05, 4.69) is 5.32 Å². The van der Waals surface area contributed by atoms with Crippen LogP contribution in [0.1, 0.15) is 25.3 Å². The van der Waals surface area contributed by atoms with Crippen molar-refractivity contribution in [2.75, 3.05) is 13.1 Å². The van der Waals surface area contributed by atoms with Gasteiger partial charge < -0.3 is 5.32 Å². The molecule has 21 heavy (non-hydrogen) atoms. The lowest BCUT2D eigenvalue weighted by atomic mass is 10.1. The highest BCUT2D eigenvalue weighted by atomic mass is 35.5. The molecule has 1 unspecified atom stereocenters. The molecule has 0 saturated carbocycles. The van der Waals surface area contributed by atoms with E-state index in [1.807, 2.05) is 0 Å². The minimum atomic E-state index is -0.261. The first-order valence-corrected chi connectivity index (χ1v) is 7.59. The van der Waals surface area contributed by atoms with Gasteiger partial charge in [0.1, 0.15) is 0 Å². The zero-order valence-electron chi connectivity index (χ0n) is 11.9. The molecule has 3 rings (SSSR count). The Kier molecular flexibility index (Phi) is 3.87. The van der Waals surface area contributed by atoms with E-state index in [0.29, 0.717) is 22.5 Å². The van der Waals surface area contributed by atoms with E-state index < -0.39 is 0 Å². The van der Waals surface area contributed by atoms with Crippen LogP contribution in [0.3, 0.4) is 0 Å².